The van der Waals surface area contributed by atoms with E-state index < -0.39 is 0 Å². The number of anilines is 1. The summed E-state index contributed by atoms with van der Waals surface area (Å²) in [5.74, 6) is -0.0505. The Morgan fingerprint density at radius 3 is 2.94 bits per heavy atom. The third-order valence-corrected chi connectivity index (χ3v) is 3.16. The molecule has 0 radical (unpaired) electrons. The first-order valence-electron chi connectivity index (χ1n) is 5.94. The van der Waals surface area contributed by atoms with E-state index in [1.165, 1.54) is 11.9 Å². The van der Waals surface area contributed by atoms with Gasteiger partial charge in [-0.1, -0.05) is 18.2 Å². The molecule has 0 unspecified atom stereocenters. The van der Waals surface area contributed by atoms with Gasteiger partial charge in [-0.15, -0.1) is 0 Å². The number of hydrogen-bond donors (Lipinski definition) is 0. The Bertz CT molecular complexity index is 609. The molecular weight excluding hydrogens is 226 g/mol. The van der Waals surface area contributed by atoms with Gasteiger partial charge in [0.2, 0.25) is 0 Å². The Balaban J connectivity index is 1.96. The van der Waals surface area contributed by atoms with Gasteiger partial charge >= 0.3 is 0 Å². The smallest absolute Gasteiger partial charge is 0.277 e. The molecule has 90 valence electrons. The van der Waals surface area contributed by atoms with Crippen LogP contribution in [0.4, 0.5) is 5.69 Å². The van der Waals surface area contributed by atoms with Crippen molar-refractivity contribution >= 4 is 11.6 Å². The largest absolute Gasteiger partial charge is 0.306 e. The van der Waals surface area contributed by atoms with Crippen LogP contribution in [0.1, 0.15) is 21.7 Å². The Morgan fingerprint density at radius 2 is 2.11 bits per heavy atom. The minimum absolute atomic E-state index is 0.0505. The second-order valence-corrected chi connectivity index (χ2v) is 4.38. The predicted molar refractivity (Wildman–Crippen MR) is 68.6 cm³/mol. The van der Waals surface area contributed by atoms with Crippen LogP contribution in [0, 0.1) is 6.92 Å². The fourth-order valence-electron chi connectivity index (χ4n) is 2.26. The number of aryl methyl sites for hydroxylation is 1. The third-order valence-electron chi connectivity index (χ3n) is 3.16. The van der Waals surface area contributed by atoms with Crippen LogP contribution in [0.2, 0.25) is 0 Å². The van der Waals surface area contributed by atoms with Gasteiger partial charge in [-0.3, -0.25) is 4.79 Å². The van der Waals surface area contributed by atoms with Crippen molar-refractivity contribution in [3.8, 4) is 0 Å². The molecule has 0 atom stereocenters. The summed E-state index contributed by atoms with van der Waals surface area (Å²) in [5.41, 5.74) is 3.48. The van der Waals surface area contributed by atoms with Crippen LogP contribution >= 0.6 is 0 Å². The molecule has 1 aromatic heterocycles. The van der Waals surface area contributed by atoms with Crippen molar-refractivity contribution in [2.75, 3.05) is 11.4 Å². The fourth-order valence-corrected chi connectivity index (χ4v) is 2.26. The molecular formula is C14H13N3O. The molecule has 0 fully saturated rings. The Labute approximate surface area is 105 Å². The van der Waals surface area contributed by atoms with Crippen LogP contribution in [0.5, 0.6) is 0 Å². The Kier molecular flexibility index (Phi) is 2.55. The number of nitrogens with zero attached hydrogens (tertiary/aromatic N) is 3. The number of amides is 1. The number of rotatable bonds is 1. The molecule has 1 amide bonds. The molecule has 0 bridgehead atoms. The van der Waals surface area contributed by atoms with Crippen LogP contribution in [-0.2, 0) is 6.42 Å². The van der Waals surface area contributed by atoms with E-state index in [0.29, 0.717) is 5.69 Å². The standard InChI is InChI=1S/C14H13N3O/c1-10-8-12(16-9-15-10)14(18)17-7-6-11-4-2-3-5-13(11)17/h2-5,8-9H,6-7H2,1H3. The van der Waals surface area contributed by atoms with Crippen molar-refractivity contribution in [1.29, 1.82) is 0 Å². The molecule has 3 rings (SSSR count). The summed E-state index contributed by atoms with van der Waals surface area (Å²) in [4.78, 5) is 22.3. The van der Waals surface area contributed by atoms with Crippen molar-refractivity contribution in [1.82, 2.24) is 9.97 Å². The fraction of sp³-hybridized carbons (Fsp3) is 0.214. The first-order chi connectivity index (χ1) is 8.75. The molecule has 0 saturated heterocycles. The van der Waals surface area contributed by atoms with E-state index in [2.05, 4.69) is 16.0 Å². The van der Waals surface area contributed by atoms with Gasteiger partial charge in [0.15, 0.2) is 0 Å². The lowest BCUT2D eigenvalue weighted by atomic mass is 10.2. The zero-order chi connectivity index (χ0) is 12.5. The van der Waals surface area contributed by atoms with Crippen LogP contribution in [0.25, 0.3) is 0 Å². The van der Waals surface area contributed by atoms with Crippen molar-refractivity contribution in [3.05, 3.63) is 53.6 Å². The topological polar surface area (TPSA) is 46.1 Å². The zero-order valence-electron chi connectivity index (χ0n) is 10.1. The molecule has 0 N–H and O–H groups in total. The lowest BCUT2D eigenvalue weighted by Crippen LogP contribution is -2.29. The normalized spacial score (nSPS) is 13.5. The predicted octanol–water partition coefficient (Wildman–Crippen LogP) is 1.99. The molecule has 4 heteroatoms. The second kappa shape index (κ2) is 4.22. The van der Waals surface area contributed by atoms with Gasteiger partial charge < -0.3 is 4.90 Å². The molecule has 1 aliphatic rings. The molecule has 2 aromatic rings. The van der Waals surface area contributed by atoms with Crippen LogP contribution in [0.3, 0.4) is 0 Å². The van der Waals surface area contributed by atoms with E-state index in [9.17, 15) is 4.79 Å². The van der Waals surface area contributed by atoms with E-state index in [0.717, 1.165) is 24.3 Å². The maximum atomic E-state index is 12.4. The summed E-state index contributed by atoms with van der Waals surface area (Å²) in [7, 11) is 0. The number of para-hydroxylation sites is 1. The average molecular weight is 239 g/mol. The van der Waals surface area contributed by atoms with Gasteiger partial charge in [-0.25, -0.2) is 9.97 Å². The highest BCUT2D eigenvalue weighted by molar-refractivity contribution is 6.06. The maximum absolute atomic E-state index is 12.4. The Morgan fingerprint density at radius 1 is 1.28 bits per heavy atom. The van der Waals surface area contributed by atoms with E-state index in [1.807, 2.05) is 25.1 Å². The summed E-state index contributed by atoms with van der Waals surface area (Å²) in [6.07, 6.45) is 2.34. The molecule has 0 spiro atoms. The molecule has 0 aliphatic carbocycles. The number of aromatic nitrogens is 2. The van der Waals surface area contributed by atoms with Crippen molar-refractivity contribution in [2.45, 2.75) is 13.3 Å². The van der Waals surface area contributed by atoms with Gasteiger partial charge in [-0.2, -0.15) is 0 Å². The molecule has 2 heterocycles. The first kappa shape index (κ1) is 10.9. The van der Waals surface area contributed by atoms with Gasteiger partial charge in [0.1, 0.15) is 12.0 Å². The summed E-state index contributed by atoms with van der Waals surface area (Å²) in [6, 6.07) is 9.72. The zero-order valence-corrected chi connectivity index (χ0v) is 10.1. The number of hydrogen-bond acceptors (Lipinski definition) is 3. The highest BCUT2D eigenvalue weighted by atomic mass is 16.2. The van der Waals surface area contributed by atoms with E-state index in [1.54, 1.807) is 11.0 Å². The van der Waals surface area contributed by atoms with Crippen molar-refractivity contribution in [2.24, 2.45) is 0 Å². The highest BCUT2D eigenvalue weighted by Crippen LogP contribution is 2.28. The molecule has 4 nitrogen and oxygen atoms in total. The van der Waals surface area contributed by atoms with Crippen LogP contribution < -0.4 is 4.90 Å². The third kappa shape index (κ3) is 1.76. The minimum Gasteiger partial charge on any atom is -0.306 e. The Hall–Kier alpha value is -2.23. The molecule has 0 saturated carbocycles. The summed E-state index contributed by atoms with van der Waals surface area (Å²) in [5, 5.41) is 0. The summed E-state index contributed by atoms with van der Waals surface area (Å²) in [6.45, 7) is 2.58. The van der Waals surface area contributed by atoms with E-state index >= 15 is 0 Å². The highest BCUT2D eigenvalue weighted by Gasteiger charge is 2.25. The lowest BCUT2D eigenvalue weighted by Gasteiger charge is -2.16. The first-order valence-corrected chi connectivity index (χ1v) is 5.94. The average Bonchev–Trinajstić information content (AvgIpc) is 2.82. The number of carbonyl (C=O) groups excluding carboxylic acids is 1. The van der Waals surface area contributed by atoms with Gasteiger partial charge in [0.05, 0.1) is 0 Å². The maximum Gasteiger partial charge on any atom is 0.277 e. The lowest BCUT2D eigenvalue weighted by molar-refractivity contribution is 0.0984. The summed E-state index contributed by atoms with van der Waals surface area (Å²) >= 11 is 0. The van der Waals surface area contributed by atoms with E-state index in [-0.39, 0.29) is 5.91 Å². The van der Waals surface area contributed by atoms with Gasteiger partial charge in [-0.05, 0) is 31.0 Å². The van der Waals surface area contributed by atoms with Crippen LogP contribution in [-0.4, -0.2) is 22.4 Å². The second-order valence-electron chi connectivity index (χ2n) is 4.38. The number of carbonyl (C=O) groups is 1. The number of fused-ring (bicyclic) bond motifs is 1. The van der Waals surface area contributed by atoms with Gasteiger partial charge in [0, 0.05) is 17.9 Å². The minimum atomic E-state index is -0.0505. The monoisotopic (exact) mass is 239 g/mol. The van der Waals surface area contributed by atoms with Crippen LogP contribution in [0.15, 0.2) is 36.7 Å². The van der Waals surface area contributed by atoms with Gasteiger partial charge in [0.25, 0.3) is 5.91 Å². The van der Waals surface area contributed by atoms with Crippen molar-refractivity contribution in [3.63, 3.8) is 0 Å². The van der Waals surface area contributed by atoms with Crippen molar-refractivity contribution < 1.29 is 4.79 Å². The SMILES string of the molecule is Cc1cc(C(=O)N2CCc3ccccc32)ncn1. The quantitative estimate of drug-likeness (QED) is 0.764. The molecule has 1 aliphatic heterocycles. The molecule has 1 aromatic carbocycles. The number of benzene rings is 1. The molecule has 18 heavy (non-hydrogen) atoms. The van der Waals surface area contributed by atoms with E-state index in [4.69, 9.17) is 0 Å². The summed E-state index contributed by atoms with van der Waals surface area (Å²) < 4.78 is 0.